The zero-order chi connectivity index (χ0) is 33.6. The number of methoxy groups -OCH3 is 1. The quantitative estimate of drug-likeness (QED) is 0.0932. The summed E-state index contributed by atoms with van der Waals surface area (Å²) in [5.41, 5.74) is 7.18. The number of thioether (sulfide) groups is 1. The second kappa shape index (κ2) is 15.3. The normalized spacial score (nSPS) is 12.2. The lowest BCUT2D eigenvalue weighted by Gasteiger charge is -2.28. The van der Waals surface area contributed by atoms with Crippen LogP contribution in [-0.2, 0) is 16.0 Å². The van der Waals surface area contributed by atoms with E-state index in [1.54, 1.807) is 24.4 Å². The molecule has 1 amide bonds. The first-order valence-electron chi connectivity index (χ1n) is 14.4. The molecule has 0 fully saturated rings. The molecule has 0 aliphatic rings. The maximum Gasteiger partial charge on any atom is 0.326 e. The van der Waals surface area contributed by atoms with Gasteiger partial charge in [0, 0.05) is 33.0 Å². The van der Waals surface area contributed by atoms with Crippen LogP contribution in [-0.4, -0.2) is 46.2 Å². The highest BCUT2D eigenvalue weighted by Gasteiger charge is 2.31. The Bertz CT molecular complexity index is 1690. The van der Waals surface area contributed by atoms with E-state index in [4.69, 9.17) is 33.7 Å². The molecule has 4 aromatic rings. The Kier molecular flexibility index (Phi) is 11.7. The molecule has 8 nitrogen and oxygen atoms in total. The Hall–Kier alpha value is -3.64. The largest absolute Gasteiger partial charge is 0.495 e. The number of nitrogens with two attached hydrogens (primary N) is 1. The minimum atomic E-state index is -1.20. The minimum absolute atomic E-state index is 0.00126. The minimum Gasteiger partial charge on any atom is -0.495 e. The molecule has 244 valence electrons. The summed E-state index contributed by atoms with van der Waals surface area (Å²) in [6, 6.07) is 12.6. The molecule has 4 rings (SSSR count). The van der Waals surface area contributed by atoms with Gasteiger partial charge in [0.05, 0.1) is 24.0 Å². The molecule has 0 bridgehead atoms. The Morgan fingerprint density at radius 1 is 1.09 bits per heavy atom. The first kappa shape index (κ1) is 35.2. The van der Waals surface area contributed by atoms with E-state index in [2.05, 4.69) is 10.3 Å². The van der Waals surface area contributed by atoms with E-state index < -0.39 is 35.0 Å². The number of amides is 1. The summed E-state index contributed by atoms with van der Waals surface area (Å²) in [5.74, 6) is -2.51. The molecule has 3 aromatic carbocycles. The van der Waals surface area contributed by atoms with Crippen LogP contribution in [0.5, 0.6) is 5.75 Å². The molecule has 0 unspecified atom stereocenters. The number of aromatic nitrogens is 2. The van der Waals surface area contributed by atoms with Crippen molar-refractivity contribution in [1.29, 1.82) is 0 Å². The van der Waals surface area contributed by atoms with Crippen molar-refractivity contribution in [3.63, 3.8) is 0 Å². The second-order valence-electron chi connectivity index (χ2n) is 11.1. The molecule has 46 heavy (non-hydrogen) atoms. The van der Waals surface area contributed by atoms with Gasteiger partial charge in [0.1, 0.15) is 23.4 Å². The summed E-state index contributed by atoms with van der Waals surface area (Å²) in [6.07, 6.45) is 3.03. The number of benzene rings is 3. The van der Waals surface area contributed by atoms with E-state index in [1.807, 2.05) is 30.5 Å². The van der Waals surface area contributed by atoms with Crippen molar-refractivity contribution in [2.45, 2.75) is 55.5 Å². The van der Waals surface area contributed by atoms with E-state index in [0.717, 1.165) is 17.3 Å². The molecule has 0 saturated carbocycles. The first-order chi connectivity index (χ1) is 21.9. The summed E-state index contributed by atoms with van der Waals surface area (Å²) in [5, 5.41) is 12.9. The molecule has 1 atom stereocenters. The predicted molar refractivity (Wildman–Crippen MR) is 176 cm³/mol. The predicted octanol–water partition coefficient (Wildman–Crippen LogP) is 7.40. The zero-order valence-electron chi connectivity index (χ0n) is 25.5. The fourth-order valence-electron chi connectivity index (χ4n) is 4.91. The summed E-state index contributed by atoms with van der Waals surface area (Å²) in [4.78, 5) is 29.1. The number of carboxylic acids is 1. The molecule has 0 radical (unpaired) electrons. The van der Waals surface area contributed by atoms with Gasteiger partial charge < -0.3 is 20.9 Å². The molecule has 1 heterocycles. The third-order valence-electron chi connectivity index (χ3n) is 7.63. The number of halogens is 4. The van der Waals surface area contributed by atoms with E-state index in [-0.39, 0.29) is 28.3 Å². The number of ether oxygens (including phenoxy) is 1. The number of nitrogens with one attached hydrogen (secondary N) is 1. The Labute approximate surface area is 280 Å². The summed E-state index contributed by atoms with van der Waals surface area (Å²) in [6.45, 7) is 4.42. The number of unbranched alkanes of at least 4 members (excludes halogenated alkanes) is 1. The average Bonchev–Trinajstić information content (AvgIpc) is 3.45. The second-order valence-corrected chi connectivity index (χ2v) is 12.8. The van der Waals surface area contributed by atoms with Crippen LogP contribution in [0.25, 0.3) is 5.69 Å². The lowest BCUT2D eigenvalue weighted by Crippen LogP contribution is -2.40. The van der Waals surface area contributed by atoms with Crippen LogP contribution < -0.4 is 15.8 Å². The van der Waals surface area contributed by atoms with Crippen LogP contribution in [0.2, 0.25) is 10.0 Å². The van der Waals surface area contributed by atoms with E-state index in [9.17, 15) is 19.1 Å². The van der Waals surface area contributed by atoms with Gasteiger partial charge in [0.15, 0.2) is 5.16 Å². The molecule has 4 N–H and O–H groups in total. The molecular formula is C33H34Cl2F2N4O4S. The topological polar surface area (TPSA) is 119 Å². The van der Waals surface area contributed by atoms with Gasteiger partial charge in [-0.25, -0.2) is 18.6 Å². The van der Waals surface area contributed by atoms with Gasteiger partial charge in [-0.1, -0.05) is 54.9 Å². The lowest BCUT2D eigenvalue weighted by atomic mass is 9.81. The summed E-state index contributed by atoms with van der Waals surface area (Å²) >= 11 is 13.9. The third kappa shape index (κ3) is 8.01. The number of hydrogen-bond donors (Lipinski definition) is 3. The van der Waals surface area contributed by atoms with Crippen molar-refractivity contribution < 1.29 is 28.2 Å². The van der Waals surface area contributed by atoms with Crippen LogP contribution in [0.15, 0.2) is 66.0 Å². The van der Waals surface area contributed by atoms with Gasteiger partial charge >= 0.3 is 5.97 Å². The Balaban J connectivity index is 1.63. The molecule has 0 spiro atoms. The molecule has 13 heteroatoms. The number of carboxylic acid groups (broad SMARTS) is 1. The van der Waals surface area contributed by atoms with Crippen molar-refractivity contribution in [2.75, 3.05) is 13.7 Å². The standard InChI is InChI=1S/C33H34Cl2F2N4O4S/c1-33(2,20-7-12-24(34)28(16-20)45-3)29-17-39-32(41(29)22-10-8-21(36)9-11-22)46-18-23-25(35)14-19(15-26(23)37)30(42)40-27(31(43)44)6-4-5-13-38/h7-12,14-17,27H,4-6,13,18,38H2,1-3H3,(H,40,42)(H,43,44)/t27-/m0/s1. The van der Waals surface area contributed by atoms with Gasteiger partial charge in [-0.2, -0.15) is 0 Å². The van der Waals surface area contributed by atoms with E-state index in [1.165, 1.54) is 37.1 Å². The number of imidazole rings is 1. The highest BCUT2D eigenvalue weighted by molar-refractivity contribution is 7.98. The molecule has 0 aliphatic heterocycles. The van der Waals surface area contributed by atoms with Crippen molar-refractivity contribution in [1.82, 2.24) is 14.9 Å². The highest BCUT2D eigenvalue weighted by Crippen LogP contribution is 2.39. The molecule has 1 aromatic heterocycles. The summed E-state index contributed by atoms with van der Waals surface area (Å²) in [7, 11) is 1.54. The highest BCUT2D eigenvalue weighted by atomic mass is 35.5. The van der Waals surface area contributed by atoms with Crippen molar-refractivity contribution in [3.05, 3.63) is 105 Å². The lowest BCUT2D eigenvalue weighted by molar-refractivity contribution is -0.139. The van der Waals surface area contributed by atoms with Gasteiger partial charge in [-0.3, -0.25) is 9.36 Å². The fourth-order valence-corrected chi connectivity index (χ4v) is 6.49. The number of rotatable bonds is 14. The van der Waals surface area contributed by atoms with Crippen molar-refractivity contribution in [2.24, 2.45) is 5.73 Å². The van der Waals surface area contributed by atoms with Gasteiger partial charge in [0.25, 0.3) is 5.91 Å². The van der Waals surface area contributed by atoms with Gasteiger partial charge in [-0.15, -0.1) is 0 Å². The number of hydrogen-bond acceptors (Lipinski definition) is 6. The first-order valence-corrected chi connectivity index (χ1v) is 16.1. The van der Waals surface area contributed by atoms with Crippen molar-refractivity contribution >= 4 is 46.8 Å². The molecule has 0 saturated heterocycles. The van der Waals surface area contributed by atoms with Gasteiger partial charge in [0.2, 0.25) is 0 Å². The monoisotopic (exact) mass is 690 g/mol. The van der Waals surface area contributed by atoms with Crippen molar-refractivity contribution in [3.8, 4) is 11.4 Å². The maximum absolute atomic E-state index is 15.4. The van der Waals surface area contributed by atoms with E-state index in [0.29, 0.717) is 41.0 Å². The smallest absolute Gasteiger partial charge is 0.326 e. The van der Waals surface area contributed by atoms with Crippen LogP contribution >= 0.6 is 35.0 Å². The molecule has 0 aliphatic carbocycles. The molecular weight excluding hydrogens is 657 g/mol. The average molecular weight is 692 g/mol. The van der Waals surface area contributed by atoms with E-state index >= 15 is 4.39 Å². The number of carbonyl (C=O) groups is 2. The fraction of sp³-hybridized carbons (Fsp3) is 0.303. The Morgan fingerprint density at radius 2 is 1.80 bits per heavy atom. The number of carbonyl (C=O) groups excluding carboxylic acids is 1. The number of nitrogens with zero attached hydrogens (tertiary/aromatic N) is 2. The Morgan fingerprint density at radius 3 is 2.43 bits per heavy atom. The maximum atomic E-state index is 15.4. The zero-order valence-corrected chi connectivity index (χ0v) is 27.8. The number of aliphatic carboxylic acids is 1. The van der Waals surface area contributed by atoms with Crippen LogP contribution in [0, 0.1) is 11.6 Å². The summed E-state index contributed by atoms with van der Waals surface area (Å²) < 4.78 is 36.6. The third-order valence-corrected chi connectivity index (χ3v) is 9.26. The van der Waals surface area contributed by atoms with Gasteiger partial charge in [-0.05, 0) is 79.9 Å². The van der Waals surface area contributed by atoms with Crippen LogP contribution in [0.3, 0.4) is 0 Å². The van der Waals surface area contributed by atoms with Crippen LogP contribution in [0.4, 0.5) is 8.78 Å². The SMILES string of the molecule is COc1cc(C(C)(C)c2cnc(SCc3c(F)cc(C(=O)N[C@@H](CCCCN)C(=O)O)cc3Cl)n2-c2ccc(F)cc2)ccc1Cl. The van der Waals surface area contributed by atoms with Crippen LogP contribution in [0.1, 0.15) is 60.3 Å².